The van der Waals surface area contributed by atoms with E-state index in [0.29, 0.717) is 16.6 Å². The molecule has 1 saturated heterocycles. The van der Waals surface area contributed by atoms with Gasteiger partial charge in [0.1, 0.15) is 16.3 Å². The van der Waals surface area contributed by atoms with E-state index in [9.17, 15) is 17.6 Å². The molecule has 1 aliphatic heterocycles. The first-order chi connectivity index (χ1) is 14.8. The zero-order chi connectivity index (χ0) is 21.8. The van der Waals surface area contributed by atoms with Crippen molar-refractivity contribution >= 4 is 43.5 Å². The third-order valence-corrected chi connectivity index (χ3v) is 6.69. The van der Waals surface area contributed by atoms with Gasteiger partial charge in [0.05, 0.1) is 10.9 Å². The molecule has 4 aromatic rings. The molecule has 3 heterocycles. The number of nitrogens with zero attached hydrogens (tertiary/aromatic N) is 2. The number of aryl methyl sites for hydroxylation is 1. The van der Waals surface area contributed by atoms with Gasteiger partial charge in [0, 0.05) is 42.5 Å². The number of amides is 1. The smallest absolute Gasteiger partial charge is 0.300 e. The fraction of sp³-hybridized carbons (Fsp3) is 0.182. The number of carbonyl (C=O) groups excluding carboxylic acids is 1. The van der Waals surface area contributed by atoms with Crippen LogP contribution in [0.3, 0.4) is 0 Å². The van der Waals surface area contributed by atoms with Crippen LogP contribution < -0.4 is 9.62 Å². The summed E-state index contributed by atoms with van der Waals surface area (Å²) in [5.41, 5.74) is 1.82. The van der Waals surface area contributed by atoms with Crippen LogP contribution in [-0.4, -0.2) is 32.4 Å². The molecule has 0 saturated carbocycles. The van der Waals surface area contributed by atoms with E-state index >= 15 is 0 Å². The molecule has 0 aliphatic carbocycles. The summed E-state index contributed by atoms with van der Waals surface area (Å²) in [5, 5.41) is 0.758. The molecule has 0 unspecified atom stereocenters. The van der Waals surface area contributed by atoms with Gasteiger partial charge >= 0.3 is 5.91 Å². The zero-order valence-electron chi connectivity index (χ0n) is 16.6. The van der Waals surface area contributed by atoms with Gasteiger partial charge in [-0.15, -0.1) is 0 Å². The summed E-state index contributed by atoms with van der Waals surface area (Å²) in [6, 6.07) is 11.0. The highest BCUT2D eigenvalue weighted by molar-refractivity contribution is 7.90. The topological polar surface area (TPSA) is 92.5 Å². The number of hydrogen-bond donors (Lipinski definition) is 1. The molecule has 5 rings (SSSR count). The highest BCUT2D eigenvalue weighted by atomic mass is 32.2. The van der Waals surface area contributed by atoms with Crippen molar-refractivity contribution in [2.75, 3.05) is 18.0 Å². The molecule has 31 heavy (non-hydrogen) atoms. The Labute approximate surface area is 177 Å². The van der Waals surface area contributed by atoms with Crippen LogP contribution in [0.4, 0.5) is 10.1 Å². The molecule has 1 aliphatic rings. The van der Waals surface area contributed by atoms with E-state index in [2.05, 4.69) is 4.98 Å². The average Bonchev–Trinajstić information content (AvgIpc) is 3.11. The van der Waals surface area contributed by atoms with Crippen LogP contribution in [0, 0.1) is 12.7 Å². The molecule has 1 amide bonds. The van der Waals surface area contributed by atoms with E-state index < -0.39 is 21.7 Å². The number of carbonyl (C=O) groups is 1. The Morgan fingerprint density at radius 2 is 2.00 bits per heavy atom. The predicted molar refractivity (Wildman–Crippen MR) is 114 cm³/mol. The van der Waals surface area contributed by atoms with Gasteiger partial charge in [0.15, 0.2) is 5.76 Å². The lowest BCUT2D eigenvalue weighted by Gasteiger charge is -2.33. The lowest BCUT2D eigenvalue weighted by Crippen LogP contribution is -2.36. The van der Waals surface area contributed by atoms with Gasteiger partial charge in [0.2, 0.25) is 0 Å². The Kier molecular flexibility index (Phi) is 4.44. The van der Waals surface area contributed by atoms with Gasteiger partial charge in [0.25, 0.3) is 10.0 Å². The minimum Gasteiger partial charge on any atom is -0.451 e. The molecule has 1 fully saturated rings. The number of anilines is 1. The number of sulfonamides is 1. The van der Waals surface area contributed by atoms with Crippen LogP contribution in [0.1, 0.15) is 22.5 Å². The molecule has 0 spiro atoms. The lowest BCUT2D eigenvalue weighted by atomic mass is 10.1. The number of nitrogens with one attached hydrogen (secondary N) is 1. The second-order valence-electron chi connectivity index (χ2n) is 7.56. The molecule has 2 aromatic carbocycles. The molecular weight excluding hydrogens is 421 g/mol. The lowest BCUT2D eigenvalue weighted by molar-refractivity contribution is 0.0956. The summed E-state index contributed by atoms with van der Waals surface area (Å²) in [7, 11) is -4.24. The first-order valence-electron chi connectivity index (χ1n) is 9.72. The number of hydrogen-bond acceptors (Lipinski definition) is 6. The van der Waals surface area contributed by atoms with Crippen LogP contribution >= 0.6 is 0 Å². The molecule has 9 heteroatoms. The van der Waals surface area contributed by atoms with E-state index in [-0.39, 0.29) is 27.1 Å². The van der Waals surface area contributed by atoms with Crippen molar-refractivity contribution in [3.05, 3.63) is 65.8 Å². The normalized spacial score (nSPS) is 14.1. The van der Waals surface area contributed by atoms with Crippen molar-refractivity contribution in [2.45, 2.75) is 18.2 Å². The molecule has 0 bridgehead atoms. The molecule has 0 atom stereocenters. The molecular formula is C22H18FN3O4S. The van der Waals surface area contributed by atoms with E-state index in [1.54, 1.807) is 31.2 Å². The maximum atomic E-state index is 14.5. The predicted octanol–water partition coefficient (Wildman–Crippen LogP) is 3.76. The summed E-state index contributed by atoms with van der Waals surface area (Å²) >= 11 is 0. The summed E-state index contributed by atoms with van der Waals surface area (Å²) in [6.45, 7) is 3.41. The number of pyridine rings is 1. The number of benzene rings is 2. The summed E-state index contributed by atoms with van der Waals surface area (Å²) < 4.78 is 48.0. The van der Waals surface area contributed by atoms with Gasteiger partial charge in [-0.2, -0.15) is 0 Å². The second-order valence-corrected chi connectivity index (χ2v) is 9.21. The third-order valence-electron chi connectivity index (χ3n) is 5.35. The minimum atomic E-state index is -4.24. The van der Waals surface area contributed by atoms with E-state index in [4.69, 9.17) is 4.42 Å². The number of fused-ring (bicyclic) bond motifs is 2. The van der Waals surface area contributed by atoms with Gasteiger partial charge in [-0.1, -0.05) is 6.07 Å². The van der Waals surface area contributed by atoms with Crippen LogP contribution in [-0.2, 0) is 10.0 Å². The Morgan fingerprint density at radius 1 is 1.19 bits per heavy atom. The van der Waals surface area contributed by atoms with Crippen LogP contribution in [0.2, 0.25) is 0 Å². The average molecular weight is 439 g/mol. The number of aromatic nitrogens is 1. The molecule has 1 N–H and O–H groups in total. The highest BCUT2D eigenvalue weighted by Gasteiger charge is 2.25. The van der Waals surface area contributed by atoms with Crippen molar-refractivity contribution in [3.8, 4) is 0 Å². The Balaban J connectivity index is 1.50. The fourth-order valence-electron chi connectivity index (χ4n) is 3.69. The van der Waals surface area contributed by atoms with E-state index in [0.717, 1.165) is 19.5 Å². The summed E-state index contributed by atoms with van der Waals surface area (Å²) in [5.74, 6) is -1.80. The van der Waals surface area contributed by atoms with Crippen LogP contribution in [0.15, 0.2) is 58.0 Å². The molecule has 158 valence electrons. The SMILES string of the molecule is Cc1cc(S(=O)(=O)NC(=O)c2cc3c(F)cc(N4CCC4)cc3o2)c2ncccc2c1. The monoisotopic (exact) mass is 439 g/mol. The maximum Gasteiger partial charge on any atom is 0.300 e. The minimum absolute atomic E-state index is 0.112. The first kappa shape index (κ1) is 19.5. The van der Waals surface area contributed by atoms with Gasteiger partial charge in [-0.05, 0) is 43.2 Å². The van der Waals surface area contributed by atoms with Crippen LogP contribution in [0.25, 0.3) is 21.9 Å². The summed E-state index contributed by atoms with van der Waals surface area (Å²) in [6.07, 6.45) is 2.52. The number of rotatable bonds is 4. The standard InChI is InChI=1S/C22H18FN3O4S/c1-13-8-14-4-2-5-24-21(14)20(9-13)31(28,29)25-22(27)19-12-16-17(23)10-15(11-18(16)30-19)26-6-3-7-26/h2,4-5,8-12H,3,6-7H2,1H3,(H,25,27). The fourth-order valence-corrected chi connectivity index (χ4v) is 4.91. The Bertz CT molecular complexity index is 1460. The maximum absolute atomic E-state index is 14.5. The summed E-state index contributed by atoms with van der Waals surface area (Å²) in [4.78, 5) is 18.7. The van der Waals surface area contributed by atoms with Gasteiger partial charge in [-0.25, -0.2) is 17.5 Å². The second kappa shape index (κ2) is 7.05. The quantitative estimate of drug-likeness (QED) is 0.521. The molecule has 2 aromatic heterocycles. The third kappa shape index (κ3) is 3.40. The first-order valence-corrected chi connectivity index (χ1v) is 11.2. The molecule has 0 radical (unpaired) electrons. The highest BCUT2D eigenvalue weighted by Crippen LogP contribution is 2.30. The van der Waals surface area contributed by atoms with E-state index in [1.165, 1.54) is 24.4 Å². The zero-order valence-corrected chi connectivity index (χ0v) is 17.4. The largest absolute Gasteiger partial charge is 0.451 e. The van der Waals surface area contributed by atoms with Gasteiger partial charge in [-0.3, -0.25) is 9.78 Å². The van der Waals surface area contributed by atoms with Crippen molar-refractivity contribution in [1.29, 1.82) is 0 Å². The van der Waals surface area contributed by atoms with Crippen LogP contribution in [0.5, 0.6) is 0 Å². The number of furan rings is 1. The van der Waals surface area contributed by atoms with E-state index in [1.807, 2.05) is 9.62 Å². The van der Waals surface area contributed by atoms with Crippen molar-refractivity contribution < 1.29 is 22.0 Å². The van der Waals surface area contributed by atoms with Gasteiger partial charge < -0.3 is 9.32 Å². The van der Waals surface area contributed by atoms with Crippen molar-refractivity contribution in [2.24, 2.45) is 0 Å². The van der Waals surface area contributed by atoms with Crippen molar-refractivity contribution in [1.82, 2.24) is 9.71 Å². The van der Waals surface area contributed by atoms with Crippen molar-refractivity contribution in [3.63, 3.8) is 0 Å². The Hall–Kier alpha value is -3.46. The number of halogens is 1. The molecule has 7 nitrogen and oxygen atoms in total. The Morgan fingerprint density at radius 3 is 2.74 bits per heavy atom.